The van der Waals surface area contributed by atoms with Crippen molar-refractivity contribution >= 4 is 34.7 Å². The zero-order valence-corrected chi connectivity index (χ0v) is 14.3. The zero-order chi connectivity index (χ0) is 17.8. The first kappa shape index (κ1) is 16.9. The quantitative estimate of drug-likeness (QED) is 0.700. The van der Waals surface area contributed by atoms with Gasteiger partial charge in [-0.15, -0.1) is 5.10 Å². The smallest absolute Gasteiger partial charge is 0.249 e. The highest BCUT2D eigenvalue weighted by atomic mass is 35.5. The summed E-state index contributed by atoms with van der Waals surface area (Å²) in [5.74, 6) is 0.922. The molecule has 0 saturated heterocycles. The lowest BCUT2D eigenvalue weighted by Gasteiger charge is -2.12. The fourth-order valence-electron chi connectivity index (χ4n) is 2.18. The highest BCUT2D eigenvalue weighted by Crippen LogP contribution is 2.28. The van der Waals surface area contributed by atoms with Crippen LogP contribution in [-0.4, -0.2) is 22.3 Å². The minimum absolute atomic E-state index is 0.0109. The summed E-state index contributed by atoms with van der Waals surface area (Å²) in [6.45, 7) is 1.98. The van der Waals surface area contributed by atoms with Crippen molar-refractivity contribution in [3.63, 3.8) is 0 Å². The van der Waals surface area contributed by atoms with Crippen molar-refractivity contribution in [2.75, 3.05) is 17.7 Å². The average Bonchev–Trinajstić information content (AvgIpc) is 2.59. The molecule has 0 unspecified atom stereocenters. The molecule has 0 bridgehead atoms. The van der Waals surface area contributed by atoms with Crippen LogP contribution in [0.1, 0.15) is 5.56 Å². The molecule has 25 heavy (non-hydrogen) atoms. The predicted molar refractivity (Wildman–Crippen MR) is 95.5 cm³/mol. The second-order valence-electron chi connectivity index (χ2n) is 5.25. The number of ether oxygens (including phenoxy) is 1. The van der Waals surface area contributed by atoms with Crippen molar-refractivity contribution in [2.24, 2.45) is 0 Å². The Morgan fingerprint density at radius 1 is 1.12 bits per heavy atom. The molecule has 1 aromatic heterocycles. The predicted octanol–water partition coefficient (Wildman–Crippen LogP) is 4.47. The number of benzene rings is 2. The van der Waals surface area contributed by atoms with E-state index in [1.54, 1.807) is 7.11 Å². The van der Waals surface area contributed by atoms with Gasteiger partial charge < -0.3 is 15.4 Å². The van der Waals surface area contributed by atoms with Crippen LogP contribution in [0.15, 0.2) is 42.6 Å². The largest absolute Gasteiger partial charge is 0.495 e. The molecule has 0 aliphatic carbocycles. The Labute approximate surface area is 149 Å². The van der Waals surface area contributed by atoms with Gasteiger partial charge in [-0.25, -0.2) is 4.39 Å². The first-order valence-corrected chi connectivity index (χ1v) is 7.76. The van der Waals surface area contributed by atoms with E-state index in [9.17, 15) is 4.39 Å². The number of hydrogen-bond donors (Lipinski definition) is 2. The first-order chi connectivity index (χ1) is 12.0. The molecule has 0 radical (unpaired) electrons. The standard InChI is InChI=1S/C17H15ClFN5O/c1-10-3-6-15(25-2)14(7-10)22-16-9-20-24-17(23-16)21-11-4-5-13(19)12(18)8-11/h3-9H,1-2H3,(H2,21,22,23,24). The van der Waals surface area contributed by atoms with E-state index in [1.807, 2.05) is 25.1 Å². The van der Waals surface area contributed by atoms with E-state index in [0.717, 1.165) is 11.3 Å². The van der Waals surface area contributed by atoms with E-state index in [2.05, 4.69) is 25.8 Å². The van der Waals surface area contributed by atoms with E-state index in [-0.39, 0.29) is 11.0 Å². The van der Waals surface area contributed by atoms with Crippen LogP contribution in [-0.2, 0) is 0 Å². The lowest BCUT2D eigenvalue weighted by atomic mass is 10.2. The zero-order valence-electron chi connectivity index (χ0n) is 13.5. The third-order valence-corrected chi connectivity index (χ3v) is 3.64. The summed E-state index contributed by atoms with van der Waals surface area (Å²) >= 11 is 5.77. The van der Waals surface area contributed by atoms with Crippen LogP contribution in [0.2, 0.25) is 5.02 Å². The SMILES string of the molecule is COc1ccc(C)cc1Nc1cnnc(Nc2ccc(F)c(Cl)c2)n1. The van der Waals surface area contributed by atoms with Crippen molar-refractivity contribution in [1.82, 2.24) is 15.2 Å². The minimum atomic E-state index is -0.492. The van der Waals surface area contributed by atoms with Crippen LogP contribution in [0.5, 0.6) is 5.75 Å². The molecule has 0 amide bonds. The van der Waals surface area contributed by atoms with Gasteiger partial charge in [-0.1, -0.05) is 17.7 Å². The normalized spacial score (nSPS) is 10.4. The minimum Gasteiger partial charge on any atom is -0.495 e. The summed E-state index contributed by atoms with van der Waals surface area (Å²) in [4.78, 5) is 4.33. The molecule has 128 valence electrons. The number of methoxy groups -OCH3 is 1. The van der Waals surface area contributed by atoms with Crippen molar-refractivity contribution in [3.05, 3.63) is 59.0 Å². The summed E-state index contributed by atoms with van der Waals surface area (Å²) < 4.78 is 18.6. The Balaban J connectivity index is 1.82. The van der Waals surface area contributed by atoms with Gasteiger partial charge in [-0.3, -0.25) is 0 Å². The molecule has 0 fully saturated rings. The van der Waals surface area contributed by atoms with Crippen LogP contribution in [0, 0.1) is 12.7 Å². The second-order valence-corrected chi connectivity index (χ2v) is 5.66. The van der Waals surface area contributed by atoms with E-state index in [1.165, 1.54) is 24.4 Å². The third kappa shape index (κ3) is 4.13. The number of rotatable bonds is 5. The van der Waals surface area contributed by atoms with Crippen LogP contribution in [0.4, 0.5) is 27.5 Å². The molecule has 0 atom stereocenters. The lowest BCUT2D eigenvalue weighted by Crippen LogP contribution is -2.03. The Morgan fingerprint density at radius 3 is 2.72 bits per heavy atom. The highest BCUT2D eigenvalue weighted by molar-refractivity contribution is 6.31. The molecule has 0 aliphatic rings. The van der Waals surface area contributed by atoms with E-state index < -0.39 is 5.82 Å². The first-order valence-electron chi connectivity index (χ1n) is 7.38. The fourth-order valence-corrected chi connectivity index (χ4v) is 2.36. The molecular formula is C17H15ClFN5O. The van der Waals surface area contributed by atoms with Gasteiger partial charge in [-0.05, 0) is 42.8 Å². The fraction of sp³-hybridized carbons (Fsp3) is 0.118. The van der Waals surface area contributed by atoms with Gasteiger partial charge in [0, 0.05) is 5.69 Å². The van der Waals surface area contributed by atoms with Gasteiger partial charge >= 0.3 is 0 Å². The number of nitrogens with zero attached hydrogens (tertiary/aromatic N) is 3. The molecule has 8 heteroatoms. The van der Waals surface area contributed by atoms with Gasteiger partial charge in [0.2, 0.25) is 5.95 Å². The molecule has 0 aliphatic heterocycles. The van der Waals surface area contributed by atoms with E-state index in [4.69, 9.17) is 16.3 Å². The van der Waals surface area contributed by atoms with Crippen molar-refractivity contribution < 1.29 is 9.13 Å². The topological polar surface area (TPSA) is 72.0 Å². The monoisotopic (exact) mass is 359 g/mol. The number of halogens is 2. The van der Waals surface area contributed by atoms with E-state index >= 15 is 0 Å². The van der Waals surface area contributed by atoms with Crippen LogP contribution < -0.4 is 15.4 Å². The molecule has 1 heterocycles. The summed E-state index contributed by atoms with van der Waals surface area (Å²) in [5, 5.41) is 13.9. The molecule has 6 nitrogen and oxygen atoms in total. The van der Waals surface area contributed by atoms with Crippen molar-refractivity contribution in [2.45, 2.75) is 6.92 Å². The average molecular weight is 360 g/mol. The molecule has 0 spiro atoms. The summed E-state index contributed by atoms with van der Waals surface area (Å²) in [5.41, 5.74) is 2.39. The maximum atomic E-state index is 13.2. The van der Waals surface area contributed by atoms with Gasteiger partial charge in [0.05, 0.1) is 24.0 Å². The molecule has 2 N–H and O–H groups in total. The Bertz CT molecular complexity index is 906. The number of aromatic nitrogens is 3. The number of anilines is 4. The van der Waals surface area contributed by atoms with Gasteiger partial charge in [-0.2, -0.15) is 10.1 Å². The van der Waals surface area contributed by atoms with Crippen LogP contribution in [0.3, 0.4) is 0 Å². The lowest BCUT2D eigenvalue weighted by molar-refractivity contribution is 0.416. The number of aryl methyl sites for hydroxylation is 1. The van der Waals surface area contributed by atoms with Crippen LogP contribution in [0.25, 0.3) is 0 Å². The highest BCUT2D eigenvalue weighted by Gasteiger charge is 2.07. The molecule has 3 rings (SSSR count). The Morgan fingerprint density at radius 2 is 1.96 bits per heavy atom. The maximum absolute atomic E-state index is 13.2. The number of hydrogen-bond acceptors (Lipinski definition) is 6. The maximum Gasteiger partial charge on any atom is 0.249 e. The number of nitrogens with one attached hydrogen (secondary N) is 2. The summed E-state index contributed by atoms with van der Waals surface area (Å²) in [6, 6.07) is 10.0. The molecule has 0 saturated carbocycles. The van der Waals surface area contributed by atoms with Crippen LogP contribution >= 0.6 is 11.6 Å². The van der Waals surface area contributed by atoms with Crippen molar-refractivity contribution in [3.8, 4) is 5.75 Å². The Hall–Kier alpha value is -2.93. The third-order valence-electron chi connectivity index (χ3n) is 3.35. The van der Waals surface area contributed by atoms with Crippen molar-refractivity contribution in [1.29, 1.82) is 0 Å². The molecular weight excluding hydrogens is 345 g/mol. The summed E-state index contributed by atoms with van der Waals surface area (Å²) in [7, 11) is 1.60. The Kier molecular flexibility index (Phi) is 4.95. The molecule has 3 aromatic rings. The summed E-state index contributed by atoms with van der Waals surface area (Å²) in [6.07, 6.45) is 1.49. The van der Waals surface area contributed by atoms with Gasteiger partial charge in [0.25, 0.3) is 0 Å². The second kappa shape index (κ2) is 7.31. The molecule has 2 aromatic carbocycles. The van der Waals surface area contributed by atoms with E-state index in [0.29, 0.717) is 17.3 Å². The van der Waals surface area contributed by atoms with Gasteiger partial charge in [0.15, 0.2) is 5.82 Å². The van der Waals surface area contributed by atoms with Gasteiger partial charge in [0.1, 0.15) is 11.6 Å².